The van der Waals surface area contributed by atoms with Crippen LogP contribution in [-0.2, 0) is 9.53 Å². The molecule has 0 aliphatic heterocycles. The predicted molar refractivity (Wildman–Crippen MR) is 129 cm³/mol. The molecule has 2 rings (SSSR count). The normalized spacial score (nSPS) is 11.4. The van der Waals surface area contributed by atoms with E-state index in [0.717, 1.165) is 0 Å². The van der Waals surface area contributed by atoms with Crippen LogP contribution in [0.5, 0.6) is 0 Å². The number of carbonyl (C=O) groups is 3. The van der Waals surface area contributed by atoms with E-state index >= 15 is 0 Å². The van der Waals surface area contributed by atoms with Crippen LogP contribution in [0, 0.1) is 6.92 Å². The Morgan fingerprint density at radius 3 is 2.38 bits per heavy atom. The molecule has 0 aliphatic carbocycles. The molecule has 0 spiro atoms. The van der Waals surface area contributed by atoms with Crippen molar-refractivity contribution in [3.63, 3.8) is 0 Å². The fourth-order valence-electron chi connectivity index (χ4n) is 2.83. The van der Waals surface area contributed by atoms with Crippen molar-refractivity contribution >= 4 is 45.7 Å². The van der Waals surface area contributed by atoms with Crippen molar-refractivity contribution in [2.24, 2.45) is 0 Å². The Bertz CT molecular complexity index is 982. The van der Waals surface area contributed by atoms with E-state index in [9.17, 15) is 14.4 Å². The molecule has 7 nitrogen and oxygen atoms in total. The highest BCUT2D eigenvalue weighted by Gasteiger charge is 2.26. The molecule has 0 saturated carbocycles. The number of thiophene rings is 1. The average molecular weight is 480 g/mol. The number of hydrogen-bond donors (Lipinski definition) is 1. The SMILES string of the molecule is Cc1cc(NC(=O)c2ccccc2Cl)sc1C(=O)N(CCN(C)C)CC(=O)OC(C)(C)C. The van der Waals surface area contributed by atoms with Gasteiger partial charge in [0.25, 0.3) is 11.8 Å². The first-order valence-electron chi connectivity index (χ1n) is 10.2. The van der Waals surface area contributed by atoms with E-state index in [0.29, 0.717) is 39.1 Å². The third-order valence-electron chi connectivity index (χ3n) is 4.31. The molecule has 0 bridgehead atoms. The van der Waals surface area contributed by atoms with Gasteiger partial charge in [0.2, 0.25) is 0 Å². The Balaban J connectivity index is 2.20. The van der Waals surface area contributed by atoms with Gasteiger partial charge in [0.15, 0.2) is 0 Å². The van der Waals surface area contributed by atoms with Gasteiger partial charge in [0.1, 0.15) is 12.1 Å². The lowest BCUT2D eigenvalue weighted by molar-refractivity contribution is -0.155. The molecule has 1 N–H and O–H groups in total. The van der Waals surface area contributed by atoms with Gasteiger partial charge < -0.3 is 19.9 Å². The summed E-state index contributed by atoms with van der Waals surface area (Å²) in [5.74, 6) is -1.10. The summed E-state index contributed by atoms with van der Waals surface area (Å²) in [6.45, 7) is 7.96. The Kier molecular flexibility index (Phi) is 8.83. The van der Waals surface area contributed by atoms with Crippen LogP contribution in [-0.4, -0.2) is 66.9 Å². The van der Waals surface area contributed by atoms with Crippen molar-refractivity contribution in [2.45, 2.75) is 33.3 Å². The summed E-state index contributed by atoms with van der Waals surface area (Å²) < 4.78 is 5.40. The van der Waals surface area contributed by atoms with Crippen molar-refractivity contribution in [3.8, 4) is 0 Å². The number of amides is 2. The van der Waals surface area contributed by atoms with Crippen LogP contribution in [0.25, 0.3) is 0 Å². The van der Waals surface area contributed by atoms with Gasteiger partial charge in [0, 0.05) is 13.1 Å². The van der Waals surface area contributed by atoms with E-state index in [4.69, 9.17) is 16.3 Å². The van der Waals surface area contributed by atoms with E-state index in [1.807, 2.05) is 19.0 Å². The second-order valence-corrected chi connectivity index (χ2v) is 10.1. The number of rotatable bonds is 8. The highest BCUT2D eigenvalue weighted by Crippen LogP contribution is 2.29. The first kappa shape index (κ1) is 25.8. The molecule has 0 saturated heterocycles. The lowest BCUT2D eigenvalue weighted by Crippen LogP contribution is -2.41. The van der Waals surface area contributed by atoms with Gasteiger partial charge in [-0.25, -0.2) is 0 Å². The van der Waals surface area contributed by atoms with Crippen LogP contribution < -0.4 is 5.32 Å². The molecule has 9 heteroatoms. The number of benzene rings is 1. The van der Waals surface area contributed by atoms with Gasteiger partial charge in [-0.3, -0.25) is 14.4 Å². The maximum absolute atomic E-state index is 13.3. The zero-order chi connectivity index (χ0) is 24.1. The Morgan fingerprint density at radius 2 is 1.78 bits per heavy atom. The maximum Gasteiger partial charge on any atom is 0.326 e. The minimum atomic E-state index is -0.637. The number of anilines is 1. The highest BCUT2D eigenvalue weighted by molar-refractivity contribution is 7.18. The summed E-state index contributed by atoms with van der Waals surface area (Å²) in [6.07, 6.45) is 0. The van der Waals surface area contributed by atoms with Crippen molar-refractivity contribution < 1.29 is 19.1 Å². The van der Waals surface area contributed by atoms with Crippen LogP contribution in [0.2, 0.25) is 5.02 Å². The van der Waals surface area contributed by atoms with Gasteiger partial charge in [-0.05, 0) is 65.6 Å². The summed E-state index contributed by atoms with van der Waals surface area (Å²) >= 11 is 7.27. The van der Waals surface area contributed by atoms with Gasteiger partial charge in [-0.1, -0.05) is 23.7 Å². The lowest BCUT2D eigenvalue weighted by Gasteiger charge is -2.26. The van der Waals surface area contributed by atoms with E-state index in [1.165, 1.54) is 16.2 Å². The van der Waals surface area contributed by atoms with E-state index < -0.39 is 11.6 Å². The average Bonchev–Trinajstić information content (AvgIpc) is 3.03. The minimum absolute atomic E-state index is 0.150. The second-order valence-electron chi connectivity index (χ2n) is 8.67. The standard InChI is InChI=1S/C23H30ClN3O4S/c1-15-13-18(25-21(29)16-9-7-8-10-17(16)24)32-20(15)22(30)27(12-11-26(5)6)14-19(28)31-23(2,3)4/h7-10,13H,11-12,14H2,1-6H3,(H,25,29). The third kappa shape index (κ3) is 7.62. The molecule has 1 aromatic heterocycles. The monoisotopic (exact) mass is 479 g/mol. The zero-order valence-corrected chi connectivity index (χ0v) is 20.9. The largest absolute Gasteiger partial charge is 0.459 e. The van der Waals surface area contributed by atoms with E-state index in [-0.39, 0.29) is 18.4 Å². The van der Waals surface area contributed by atoms with Crippen LogP contribution in [0.3, 0.4) is 0 Å². The second kappa shape index (κ2) is 10.9. The predicted octanol–water partition coefficient (Wildman–Crippen LogP) is 4.31. The van der Waals surface area contributed by atoms with Crippen LogP contribution in [0.15, 0.2) is 30.3 Å². The molecule has 0 atom stereocenters. The topological polar surface area (TPSA) is 79.0 Å². The summed E-state index contributed by atoms with van der Waals surface area (Å²) in [7, 11) is 3.80. The first-order valence-corrected chi connectivity index (χ1v) is 11.4. The van der Waals surface area contributed by atoms with Gasteiger partial charge in [-0.15, -0.1) is 11.3 Å². The maximum atomic E-state index is 13.3. The number of nitrogens with zero attached hydrogens (tertiary/aromatic N) is 2. The molecule has 1 aromatic carbocycles. The smallest absolute Gasteiger partial charge is 0.326 e. The van der Waals surface area contributed by atoms with Crippen LogP contribution >= 0.6 is 22.9 Å². The van der Waals surface area contributed by atoms with Gasteiger partial charge in [0.05, 0.1) is 20.5 Å². The van der Waals surface area contributed by atoms with Crippen molar-refractivity contribution in [1.29, 1.82) is 0 Å². The number of hydrogen-bond acceptors (Lipinski definition) is 6. The van der Waals surface area contributed by atoms with E-state index in [2.05, 4.69) is 5.32 Å². The van der Waals surface area contributed by atoms with Crippen LogP contribution in [0.4, 0.5) is 5.00 Å². The fourth-order valence-corrected chi connectivity index (χ4v) is 4.08. The van der Waals surface area contributed by atoms with Crippen molar-refractivity contribution in [3.05, 3.63) is 51.4 Å². The summed E-state index contributed by atoms with van der Waals surface area (Å²) in [5, 5.41) is 3.68. The number of carbonyl (C=O) groups excluding carboxylic acids is 3. The zero-order valence-electron chi connectivity index (χ0n) is 19.3. The van der Waals surface area contributed by atoms with E-state index in [1.54, 1.807) is 58.0 Å². The lowest BCUT2D eigenvalue weighted by atomic mass is 10.2. The molecule has 32 heavy (non-hydrogen) atoms. The number of esters is 1. The number of likely N-dealkylation sites (N-methyl/N-ethyl adjacent to an activating group) is 1. The number of nitrogens with one attached hydrogen (secondary N) is 1. The molecule has 0 radical (unpaired) electrons. The quantitative estimate of drug-likeness (QED) is 0.571. The molecule has 2 aromatic rings. The molecule has 1 heterocycles. The Labute approximate surface area is 198 Å². The highest BCUT2D eigenvalue weighted by atomic mass is 35.5. The summed E-state index contributed by atoms with van der Waals surface area (Å²) in [5.41, 5.74) is 0.432. The van der Waals surface area contributed by atoms with Crippen molar-refractivity contribution in [2.75, 3.05) is 39.0 Å². The number of ether oxygens (including phenoxy) is 1. The minimum Gasteiger partial charge on any atom is -0.459 e. The molecular weight excluding hydrogens is 450 g/mol. The van der Waals surface area contributed by atoms with Crippen molar-refractivity contribution in [1.82, 2.24) is 9.80 Å². The molecule has 0 aliphatic rings. The van der Waals surface area contributed by atoms with Crippen LogP contribution in [0.1, 0.15) is 46.4 Å². The molecular formula is C23H30ClN3O4S. The van der Waals surface area contributed by atoms with Gasteiger partial charge >= 0.3 is 5.97 Å². The molecule has 0 fully saturated rings. The molecule has 0 unspecified atom stereocenters. The summed E-state index contributed by atoms with van der Waals surface area (Å²) in [4.78, 5) is 42.1. The third-order valence-corrected chi connectivity index (χ3v) is 5.78. The van der Waals surface area contributed by atoms with Gasteiger partial charge in [-0.2, -0.15) is 0 Å². The Morgan fingerprint density at radius 1 is 1.12 bits per heavy atom. The summed E-state index contributed by atoms with van der Waals surface area (Å²) in [6, 6.07) is 8.50. The molecule has 2 amide bonds. The number of aryl methyl sites for hydroxylation is 1. The Hall–Kier alpha value is -2.42. The molecule has 174 valence electrons. The first-order chi connectivity index (χ1) is 14.9. The number of halogens is 1. The fraction of sp³-hybridized carbons (Fsp3) is 0.435.